The highest BCUT2D eigenvalue weighted by Gasteiger charge is 2.14. The van der Waals surface area contributed by atoms with Gasteiger partial charge in [-0.25, -0.2) is 4.79 Å². The summed E-state index contributed by atoms with van der Waals surface area (Å²) >= 11 is 1.50. The summed E-state index contributed by atoms with van der Waals surface area (Å²) in [5.74, 6) is -1.07. The van der Waals surface area contributed by atoms with Gasteiger partial charge in [-0.05, 0) is 25.3 Å². The molecule has 5 nitrogen and oxygen atoms in total. The number of urea groups is 1. The molecule has 0 fully saturated rings. The normalized spacial score (nSPS) is 11.6. The minimum Gasteiger partial charge on any atom is -0.480 e. The summed E-state index contributed by atoms with van der Waals surface area (Å²) in [5, 5.41) is 13.6. The summed E-state index contributed by atoms with van der Waals surface area (Å²) in [7, 11) is 0. The molecule has 0 aromatic heterocycles. The number of thioether (sulfide) groups is 1. The number of carboxylic acid groups (broad SMARTS) is 1. The Kier molecular flexibility index (Phi) is 4.84. The van der Waals surface area contributed by atoms with Crippen LogP contribution in [0.5, 0.6) is 0 Å². The quantitative estimate of drug-likeness (QED) is 0.718. The standard InChI is InChI=1S/C11H14N2O3S/c1-7(10(14)15)12-11(16)13-8-5-3-4-6-9(8)17-2/h3-7H,1-2H3,(H,14,15)(H2,12,13,16). The zero-order chi connectivity index (χ0) is 12.8. The van der Waals surface area contributed by atoms with Crippen LogP contribution in [0.15, 0.2) is 29.2 Å². The van der Waals surface area contributed by atoms with Gasteiger partial charge < -0.3 is 15.7 Å². The van der Waals surface area contributed by atoms with Crippen LogP contribution in [-0.2, 0) is 4.79 Å². The number of carbonyl (C=O) groups is 2. The van der Waals surface area contributed by atoms with Crippen molar-refractivity contribution in [1.82, 2.24) is 5.32 Å². The first-order valence-electron chi connectivity index (χ1n) is 4.98. The van der Waals surface area contributed by atoms with E-state index in [9.17, 15) is 9.59 Å². The molecule has 1 aromatic carbocycles. The van der Waals surface area contributed by atoms with Gasteiger partial charge in [-0.1, -0.05) is 12.1 Å². The summed E-state index contributed by atoms with van der Waals surface area (Å²) in [4.78, 5) is 23.0. The molecular formula is C11H14N2O3S. The summed E-state index contributed by atoms with van der Waals surface area (Å²) < 4.78 is 0. The Morgan fingerprint density at radius 3 is 2.59 bits per heavy atom. The third kappa shape index (κ3) is 3.99. The molecule has 2 amide bonds. The lowest BCUT2D eigenvalue weighted by Crippen LogP contribution is -2.40. The highest BCUT2D eigenvalue weighted by molar-refractivity contribution is 7.98. The molecule has 92 valence electrons. The molecular weight excluding hydrogens is 240 g/mol. The van der Waals surface area contributed by atoms with E-state index in [1.165, 1.54) is 18.7 Å². The Labute approximate surface area is 104 Å². The molecule has 1 atom stereocenters. The number of benzene rings is 1. The summed E-state index contributed by atoms with van der Waals surface area (Å²) in [6.07, 6.45) is 1.90. The van der Waals surface area contributed by atoms with Gasteiger partial charge in [0.05, 0.1) is 5.69 Å². The minimum absolute atomic E-state index is 0.526. The number of para-hydroxylation sites is 1. The smallest absolute Gasteiger partial charge is 0.325 e. The molecule has 0 aliphatic heterocycles. The summed E-state index contributed by atoms with van der Waals surface area (Å²) in [5.41, 5.74) is 0.662. The van der Waals surface area contributed by atoms with E-state index in [1.54, 1.807) is 12.1 Å². The van der Waals surface area contributed by atoms with Gasteiger partial charge in [0.2, 0.25) is 0 Å². The molecule has 0 radical (unpaired) electrons. The SMILES string of the molecule is CSc1ccccc1NC(=O)NC(C)C(=O)O. The zero-order valence-electron chi connectivity index (χ0n) is 9.56. The average Bonchev–Trinajstić information content (AvgIpc) is 2.29. The third-order valence-electron chi connectivity index (χ3n) is 2.07. The van der Waals surface area contributed by atoms with E-state index in [2.05, 4.69) is 10.6 Å². The number of hydrogen-bond donors (Lipinski definition) is 3. The Morgan fingerprint density at radius 1 is 1.35 bits per heavy atom. The van der Waals surface area contributed by atoms with Crippen molar-refractivity contribution >= 4 is 29.4 Å². The molecule has 6 heteroatoms. The van der Waals surface area contributed by atoms with E-state index in [1.807, 2.05) is 18.4 Å². The molecule has 0 aliphatic carbocycles. The van der Waals surface area contributed by atoms with E-state index < -0.39 is 18.0 Å². The van der Waals surface area contributed by atoms with E-state index in [0.717, 1.165) is 4.90 Å². The lowest BCUT2D eigenvalue weighted by Gasteiger charge is -2.12. The van der Waals surface area contributed by atoms with Crippen molar-refractivity contribution in [3.05, 3.63) is 24.3 Å². The van der Waals surface area contributed by atoms with Crippen LogP contribution < -0.4 is 10.6 Å². The Balaban J connectivity index is 2.65. The highest BCUT2D eigenvalue weighted by atomic mass is 32.2. The third-order valence-corrected chi connectivity index (χ3v) is 2.87. The fourth-order valence-electron chi connectivity index (χ4n) is 1.16. The molecule has 0 spiro atoms. The molecule has 0 bridgehead atoms. The van der Waals surface area contributed by atoms with Crippen LogP contribution in [-0.4, -0.2) is 29.4 Å². The number of aliphatic carboxylic acids is 1. The van der Waals surface area contributed by atoms with Gasteiger partial charge in [-0.3, -0.25) is 4.79 Å². The van der Waals surface area contributed by atoms with Gasteiger partial charge in [0.25, 0.3) is 0 Å². The van der Waals surface area contributed by atoms with E-state index in [0.29, 0.717) is 5.69 Å². The molecule has 1 unspecified atom stereocenters. The number of carboxylic acids is 1. The lowest BCUT2D eigenvalue weighted by molar-refractivity contribution is -0.138. The van der Waals surface area contributed by atoms with Crippen LogP contribution >= 0.6 is 11.8 Å². The summed E-state index contributed by atoms with van der Waals surface area (Å²) in [6.45, 7) is 1.41. The Hall–Kier alpha value is -1.69. The van der Waals surface area contributed by atoms with Crippen LogP contribution in [0.1, 0.15) is 6.92 Å². The fraction of sp³-hybridized carbons (Fsp3) is 0.273. The van der Waals surface area contributed by atoms with Crippen molar-refractivity contribution < 1.29 is 14.7 Å². The molecule has 3 N–H and O–H groups in total. The van der Waals surface area contributed by atoms with Crippen LogP contribution in [0.4, 0.5) is 10.5 Å². The predicted octanol–water partition coefficient (Wildman–Crippen LogP) is 2.00. The Morgan fingerprint density at radius 2 is 2.00 bits per heavy atom. The largest absolute Gasteiger partial charge is 0.480 e. The van der Waals surface area contributed by atoms with Crippen molar-refractivity contribution in [2.75, 3.05) is 11.6 Å². The van der Waals surface area contributed by atoms with Gasteiger partial charge in [0, 0.05) is 4.90 Å². The second-order valence-corrected chi connectivity index (χ2v) is 4.21. The van der Waals surface area contributed by atoms with Crippen LogP contribution in [0.2, 0.25) is 0 Å². The fourth-order valence-corrected chi connectivity index (χ4v) is 1.72. The average molecular weight is 254 g/mol. The molecule has 1 rings (SSSR count). The monoisotopic (exact) mass is 254 g/mol. The van der Waals surface area contributed by atoms with Gasteiger partial charge in [0.15, 0.2) is 0 Å². The minimum atomic E-state index is -1.07. The first-order valence-corrected chi connectivity index (χ1v) is 6.20. The van der Waals surface area contributed by atoms with E-state index >= 15 is 0 Å². The van der Waals surface area contributed by atoms with Gasteiger partial charge >= 0.3 is 12.0 Å². The van der Waals surface area contributed by atoms with Crippen molar-refractivity contribution in [3.63, 3.8) is 0 Å². The predicted molar refractivity (Wildman–Crippen MR) is 67.5 cm³/mol. The molecule has 0 saturated heterocycles. The number of rotatable bonds is 4. The van der Waals surface area contributed by atoms with Crippen LogP contribution in [0.3, 0.4) is 0 Å². The molecule has 1 aromatic rings. The van der Waals surface area contributed by atoms with E-state index in [4.69, 9.17) is 5.11 Å². The second-order valence-electron chi connectivity index (χ2n) is 3.36. The zero-order valence-corrected chi connectivity index (χ0v) is 10.4. The Bertz CT molecular complexity index is 423. The van der Waals surface area contributed by atoms with Crippen molar-refractivity contribution in [3.8, 4) is 0 Å². The second kappa shape index (κ2) is 6.15. The van der Waals surface area contributed by atoms with Crippen molar-refractivity contribution in [1.29, 1.82) is 0 Å². The molecule has 0 aliphatic rings. The van der Waals surface area contributed by atoms with Gasteiger partial charge in [0.1, 0.15) is 6.04 Å². The number of amides is 2. The lowest BCUT2D eigenvalue weighted by atomic mass is 10.3. The number of anilines is 1. The van der Waals surface area contributed by atoms with Crippen molar-refractivity contribution in [2.45, 2.75) is 17.9 Å². The van der Waals surface area contributed by atoms with E-state index in [-0.39, 0.29) is 0 Å². The van der Waals surface area contributed by atoms with Crippen molar-refractivity contribution in [2.24, 2.45) is 0 Å². The van der Waals surface area contributed by atoms with Crippen LogP contribution in [0, 0.1) is 0 Å². The number of hydrogen-bond acceptors (Lipinski definition) is 3. The molecule has 0 saturated carbocycles. The van der Waals surface area contributed by atoms with Gasteiger partial charge in [-0.15, -0.1) is 11.8 Å². The first kappa shape index (κ1) is 13.4. The summed E-state index contributed by atoms with van der Waals surface area (Å²) in [6, 6.07) is 5.86. The highest BCUT2D eigenvalue weighted by Crippen LogP contribution is 2.24. The molecule has 17 heavy (non-hydrogen) atoms. The topological polar surface area (TPSA) is 78.4 Å². The number of nitrogens with one attached hydrogen (secondary N) is 2. The maximum Gasteiger partial charge on any atom is 0.325 e. The molecule has 0 heterocycles. The first-order chi connectivity index (χ1) is 8.04. The van der Waals surface area contributed by atoms with Crippen LogP contribution in [0.25, 0.3) is 0 Å². The number of carbonyl (C=O) groups excluding carboxylic acids is 1. The maximum absolute atomic E-state index is 11.5. The maximum atomic E-state index is 11.5. The van der Waals surface area contributed by atoms with Gasteiger partial charge in [-0.2, -0.15) is 0 Å².